The molecule has 0 bridgehead atoms. The van der Waals surface area contributed by atoms with Gasteiger partial charge in [0.05, 0.1) is 0 Å². The average Bonchev–Trinajstić information content (AvgIpc) is 2.75. The van der Waals surface area contributed by atoms with Gasteiger partial charge in [0.15, 0.2) is 0 Å². The van der Waals surface area contributed by atoms with Crippen molar-refractivity contribution in [2.24, 2.45) is 5.92 Å². The van der Waals surface area contributed by atoms with Gasteiger partial charge in [0.25, 0.3) is 0 Å². The lowest BCUT2D eigenvalue weighted by Gasteiger charge is -2.23. The van der Waals surface area contributed by atoms with Crippen LogP contribution in [0.15, 0.2) is 24.3 Å². The highest BCUT2D eigenvalue weighted by Crippen LogP contribution is 2.27. The molecule has 1 aromatic carbocycles. The summed E-state index contributed by atoms with van der Waals surface area (Å²) in [7, 11) is 0. The van der Waals surface area contributed by atoms with Crippen LogP contribution >= 0.6 is 0 Å². The lowest BCUT2D eigenvalue weighted by atomic mass is 10.0. The van der Waals surface area contributed by atoms with Crippen molar-refractivity contribution in [2.45, 2.75) is 58.5 Å². The van der Waals surface area contributed by atoms with E-state index in [-0.39, 0.29) is 0 Å². The van der Waals surface area contributed by atoms with Crippen molar-refractivity contribution in [3.05, 3.63) is 35.4 Å². The first-order valence-corrected chi connectivity index (χ1v) is 7.05. The Bertz CT molecular complexity index is 341. The number of nitrogens with one attached hydrogen (secondary N) is 1. The average molecular weight is 231 g/mol. The predicted molar refractivity (Wildman–Crippen MR) is 74.2 cm³/mol. The molecule has 0 saturated heterocycles. The summed E-state index contributed by atoms with van der Waals surface area (Å²) in [6.07, 6.45) is 5.25. The van der Waals surface area contributed by atoms with Crippen LogP contribution in [0.1, 0.15) is 57.2 Å². The van der Waals surface area contributed by atoms with E-state index in [0.29, 0.717) is 6.04 Å². The van der Waals surface area contributed by atoms with Gasteiger partial charge < -0.3 is 5.32 Å². The molecule has 0 radical (unpaired) electrons. The summed E-state index contributed by atoms with van der Waals surface area (Å²) < 4.78 is 0. The van der Waals surface area contributed by atoms with Crippen LogP contribution in [0, 0.1) is 5.92 Å². The normalized spacial score (nSPS) is 26.1. The smallest absolute Gasteiger partial charge is 0.0294 e. The highest BCUT2D eigenvalue weighted by molar-refractivity contribution is 5.24. The summed E-state index contributed by atoms with van der Waals surface area (Å²) in [5, 5.41) is 3.78. The zero-order valence-corrected chi connectivity index (χ0v) is 11.4. The van der Waals surface area contributed by atoms with Crippen LogP contribution in [0.25, 0.3) is 0 Å². The Balaban J connectivity index is 1.96. The molecule has 3 atom stereocenters. The first-order valence-electron chi connectivity index (χ1n) is 7.05. The first kappa shape index (κ1) is 12.6. The summed E-state index contributed by atoms with van der Waals surface area (Å²) >= 11 is 0. The fraction of sp³-hybridized carbons (Fsp3) is 0.625. The maximum Gasteiger partial charge on any atom is 0.0294 e. The van der Waals surface area contributed by atoms with Crippen molar-refractivity contribution in [3.8, 4) is 0 Å². The van der Waals surface area contributed by atoms with Crippen molar-refractivity contribution in [1.82, 2.24) is 5.32 Å². The Hall–Kier alpha value is -0.820. The van der Waals surface area contributed by atoms with Crippen LogP contribution in [-0.4, -0.2) is 6.04 Å². The fourth-order valence-corrected chi connectivity index (χ4v) is 2.85. The van der Waals surface area contributed by atoms with Gasteiger partial charge in [-0.25, -0.2) is 0 Å². The molecule has 1 aliphatic rings. The molecule has 2 rings (SSSR count). The molecule has 17 heavy (non-hydrogen) atoms. The Morgan fingerprint density at radius 2 is 1.94 bits per heavy atom. The minimum absolute atomic E-state index is 0.478. The standard InChI is InChI=1S/C16H25N/c1-4-14-8-10-15(11-9-14)13(3)17-16-7-5-6-12(16)2/h8-13,16-17H,4-7H2,1-3H3. The monoisotopic (exact) mass is 231 g/mol. The minimum atomic E-state index is 0.478. The molecule has 1 N–H and O–H groups in total. The van der Waals surface area contributed by atoms with E-state index in [1.54, 1.807) is 0 Å². The maximum absolute atomic E-state index is 3.78. The SMILES string of the molecule is CCc1ccc(C(C)NC2CCCC2C)cc1. The van der Waals surface area contributed by atoms with Crippen LogP contribution in [-0.2, 0) is 6.42 Å². The van der Waals surface area contributed by atoms with E-state index in [2.05, 4.69) is 50.4 Å². The first-order chi connectivity index (χ1) is 8.20. The number of rotatable bonds is 4. The summed E-state index contributed by atoms with van der Waals surface area (Å²) in [5.74, 6) is 0.840. The van der Waals surface area contributed by atoms with E-state index in [1.807, 2.05) is 0 Å². The van der Waals surface area contributed by atoms with E-state index in [4.69, 9.17) is 0 Å². The van der Waals surface area contributed by atoms with Gasteiger partial charge in [0.1, 0.15) is 0 Å². The molecule has 0 amide bonds. The van der Waals surface area contributed by atoms with Gasteiger partial charge in [-0.15, -0.1) is 0 Å². The van der Waals surface area contributed by atoms with Crippen LogP contribution in [0.4, 0.5) is 0 Å². The topological polar surface area (TPSA) is 12.0 Å². The Morgan fingerprint density at radius 1 is 1.24 bits per heavy atom. The minimum Gasteiger partial charge on any atom is -0.307 e. The summed E-state index contributed by atoms with van der Waals surface area (Å²) in [6, 6.07) is 10.3. The van der Waals surface area contributed by atoms with Gasteiger partial charge in [-0.2, -0.15) is 0 Å². The lowest BCUT2D eigenvalue weighted by Crippen LogP contribution is -2.33. The van der Waals surface area contributed by atoms with Gasteiger partial charge in [0.2, 0.25) is 0 Å². The Kier molecular flexibility index (Phi) is 4.22. The second-order valence-corrected chi connectivity index (χ2v) is 5.50. The van der Waals surface area contributed by atoms with E-state index in [9.17, 15) is 0 Å². The number of benzene rings is 1. The molecule has 1 fully saturated rings. The van der Waals surface area contributed by atoms with Crippen LogP contribution in [0.3, 0.4) is 0 Å². The van der Waals surface area contributed by atoms with Crippen molar-refractivity contribution in [2.75, 3.05) is 0 Å². The van der Waals surface area contributed by atoms with Crippen LogP contribution in [0.5, 0.6) is 0 Å². The quantitative estimate of drug-likeness (QED) is 0.823. The van der Waals surface area contributed by atoms with Gasteiger partial charge >= 0.3 is 0 Å². The molecular formula is C16H25N. The summed E-state index contributed by atoms with van der Waals surface area (Å²) in [6.45, 7) is 6.86. The highest BCUT2D eigenvalue weighted by atomic mass is 15.0. The van der Waals surface area contributed by atoms with Crippen LogP contribution in [0.2, 0.25) is 0 Å². The zero-order chi connectivity index (χ0) is 12.3. The van der Waals surface area contributed by atoms with Gasteiger partial charge in [-0.1, -0.05) is 44.5 Å². The number of aryl methyl sites for hydroxylation is 1. The van der Waals surface area contributed by atoms with Gasteiger partial charge in [0, 0.05) is 12.1 Å². The summed E-state index contributed by atoms with van der Waals surface area (Å²) in [5.41, 5.74) is 2.84. The number of hydrogen-bond acceptors (Lipinski definition) is 1. The van der Waals surface area contributed by atoms with E-state index < -0.39 is 0 Å². The molecule has 1 saturated carbocycles. The third-order valence-corrected chi connectivity index (χ3v) is 4.21. The molecule has 0 aromatic heterocycles. The van der Waals surface area contributed by atoms with Gasteiger partial charge in [-0.05, 0) is 43.2 Å². The molecule has 94 valence electrons. The fourth-order valence-electron chi connectivity index (χ4n) is 2.85. The van der Waals surface area contributed by atoms with Crippen molar-refractivity contribution in [3.63, 3.8) is 0 Å². The third-order valence-electron chi connectivity index (χ3n) is 4.21. The van der Waals surface area contributed by atoms with Crippen molar-refractivity contribution < 1.29 is 0 Å². The Labute approximate surface area is 106 Å². The lowest BCUT2D eigenvalue weighted by molar-refractivity contribution is 0.388. The van der Waals surface area contributed by atoms with E-state index in [1.165, 1.54) is 30.4 Å². The molecule has 1 nitrogen and oxygen atoms in total. The molecular weight excluding hydrogens is 206 g/mol. The van der Waals surface area contributed by atoms with Crippen LogP contribution < -0.4 is 5.32 Å². The molecule has 1 aliphatic carbocycles. The summed E-state index contributed by atoms with van der Waals surface area (Å²) in [4.78, 5) is 0. The maximum atomic E-state index is 3.78. The largest absolute Gasteiger partial charge is 0.307 e. The molecule has 0 aliphatic heterocycles. The molecule has 0 spiro atoms. The highest BCUT2D eigenvalue weighted by Gasteiger charge is 2.24. The zero-order valence-electron chi connectivity index (χ0n) is 11.4. The van der Waals surface area contributed by atoms with E-state index >= 15 is 0 Å². The Morgan fingerprint density at radius 3 is 2.47 bits per heavy atom. The third kappa shape index (κ3) is 3.10. The number of hydrogen-bond donors (Lipinski definition) is 1. The molecule has 0 heterocycles. The second kappa shape index (κ2) is 5.68. The predicted octanol–water partition coefficient (Wildman–Crippen LogP) is 4.09. The van der Waals surface area contributed by atoms with E-state index in [0.717, 1.165) is 18.4 Å². The molecule has 1 heteroatoms. The molecule has 3 unspecified atom stereocenters. The van der Waals surface area contributed by atoms with Crippen molar-refractivity contribution in [1.29, 1.82) is 0 Å². The van der Waals surface area contributed by atoms with Crippen molar-refractivity contribution >= 4 is 0 Å². The van der Waals surface area contributed by atoms with Gasteiger partial charge in [-0.3, -0.25) is 0 Å². The second-order valence-electron chi connectivity index (χ2n) is 5.50. The molecule has 1 aromatic rings.